The molecule has 1 N–H and O–H groups in total. The van der Waals surface area contributed by atoms with Crippen LogP contribution in [0.1, 0.15) is 21.5 Å². The summed E-state index contributed by atoms with van der Waals surface area (Å²) in [6.45, 7) is 2.40. The fourth-order valence-electron chi connectivity index (χ4n) is 1.82. The van der Waals surface area contributed by atoms with Crippen LogP contribution in [0.5, 0.6) is 11.5 Å². The van der Waals surface area contributed by atoms with Crippen molar-refractivity contribution in [1.82, 2.24) is 0 Å². The van der Waals surface area contributed by atoms with Crippen LogP contribution < -0.4 is 9.47 Å². The number of carboxylic acid groups (broad SMARTS) is 1. The first-order chi connectivity index (χ1) is 10.0. The van der Waals surface area contributed by atoms with E-state index in [1.165, 1.54) is 24.8 Å². The second-order valence-corrected chi connectivity index (χ2v) is 5.42. The highest BCUT2D eigenvalue weighted by molar-refractivity contribution is 9.10. The first-order valence-electron chi connectivity index (χ1n) is 6.30. The van der Waals surface area contributed by atoms with E-state index in [9.17, 15) is 4.79 Å². The number of benzene rings is 2. The molecule has 2 rings (SSSR count). The van der Waals surface area contributed by atoms with Gasteiger partial charge in [-0.05, 0) is 40.5 Å². The average molecular weight is 351 g/mol. The van der Waals surface area contributed by atoms with Crippen LogP contribution in [0.2, 0.25) is 0 Å². The lowest BCUT2D eigenvalue weighted by atomic mass is 10.1. The van der Waals surface area contributed by atoms with Gasteiger partial charge in [-0.3, -0.25) is 0 Å². The minimum absolute atomic E-state index is 0.140. The lowest BCUT2D eigenvalue weighted by Crippen LogP contribution is -2.02. The molecule has 2 aromatic carbocycles. The summed E-state index contributed by atoms with van der Waals surface area (Å²) in [5.41, 5.74) is 2.35. The molecule has 4 nitrogen and oxygen atoms in total. The van der Waals surface area contributed by atoms with Gasteiger partial charge in [-0.1, -0.05) is 29.8 Å². The van der Waals surface area contributed by atoms with Gasteiger partial charge in [0.2, 0.25) is 0 Å². The summed E-state index contributed by atoms with van der Waals surface area (Å²) in [5, 5.41) is 9.04. The number of carboxylic acids is 1. The van der Waals surface area contributed by atoms with E-state index in [-0.39, 0.29) is 5.56 Å². The van der Waals surface area contributed by atoms with Crippen LogP contribution >= 0.6 is 15.9 Å². The molecule has 0 saturated carbocycles. The van der Waals surface area contributed by atoms with Crippen LogP contribution in [0.4, 0.5) is 0 Å². The molecular formula is C16H15BrO4. The smallest absolute Gasteiger partial charge is 0.335 e. The Labute approximate surface area is 131 Å². The van der Waals surface area contributed by atoms with Crippen molar-refractivity contribution in [3.05, 3.63) is 57.6 Å². The second kappa shape index (κ2) is 6.63. The molecule has 0 aliphatic rings. The summed E-state index contributed by atoms with van der Waals surface area (Å²) in [7, 11) is 1.48. The largest absolute Gasteiger partial charge is 0.493 e. The van der Waals surface area contributed by atoms with Gasteiger partial charge in [-0.25, -0.2) is 4.79 Å². The fraction of sp³-hybridized carbons (Fsp3) is 0.188. The molecule has 5 heteroatoms. The topological polar surface area (TPSA) is 55.8 Å². The molecule has 0 radical (unpaired) electrons. The predicted molar refractivity (Wildman–Crippen MR) is 83.2 cm³/mol. The third kappa shape index (κ3) is 3.76. The van der Waals surface area contributed by atoms with Crippen molar-refractivity contribution in [1.29, 1.82) is 0 Å². The van der Waals surface area contributed by atoms with E-state index < -0.39 is 5.97 Å². The van der Waals surface area contributed by atoms with E-state index in [1.807, 2.05) is 31.2 Å². The molecule has 0 atom stereocenters. The van der Waals surface area contributed by atoms with Crippen molar-refractivity contribution >= 4 is 21.9 Å². The Balaban J connectivity index is 2.23. The van der Waals surface area contributed by atoms with Crippen molar-refractivity contribution in [2.75, 3.05) is 7.11 Å². The van der Waals surface area contributed by atoms with Crippen molar-refractivity contribution in [3.8, 4) is 11.5 Å². The van der Waals surface area contributed by atoms with Crippen LogP contribution in [-0.2, 0) is 6.61 Å². The zero-order chi connectivity index (χ0) is 15.4. The summed E-state index contributed by atoms with van der Waals surface area (Å²) in [6, 6.07) is 10.9. The summed E-state index contributed by atoms with van der Waals surface area (Å²) >= 11 is 3.32. The molecule has 0 unspecified atom stereocenters. The molecule has 0 heterocycles. The van der Waals surface area contributed by atoms with Crippen LogP contribution in [0.15, 0.2) is 40.9 Å². The molecule has 110 valence electrons. The quantitative estimate of drug-likeness (QED) is 0.883. The monoisotopic (exact) mass is 350 g/mol. The third-order valence-corrected chi connectivity index (χ3v) is 3.57. The van der Waals surface area contributed by atoms with Gasteiger partial charge < -0.3 is 14.6 Å². The van der Waals surface area contributed by atoms with Gasteiger partial charge in [0.1, 0.15) is 6.61 Å². The Kier molecular flexibility index (Phi) is 4.85. The Morgan fingerprint density at radius 2 is 1.90 bits per heavy atom. The molecule has 0 fully saturated rings. The van der Waals surface area contributed by atoms with E-state index in [2.05, 4.69) is 15.9 Å². The van der Waals surface area contributed by atoms with Gasteiger partial charge in [0.25, 0.3) is 0 Å². The maximum atomic E-state index is 11.0. The third-order valence-electron chi connectivity index (χ3n) is 2.98. The van der Waals surface area contributed by atoms with Crippen molar-refractivity contribution in [2.45, 2.75) is 13.5 Å². The molecule has 0 amide bonds. The van der Waals surface area contributed by atoms with Crippen LogP contribution in [-0.4, -0.2) is 18.2 Å². The van der Waals surface area contributed by atoms with Crippen LogP contribution in [0.3, 0.4) is 0 Å². The maximum Gasteiger partial charge on any atom is 0.335 e. The first-order valence-corrected chi connectivity index (χ1v) is 7.09. The molecule has 0 bridgehead atoms. The molecule has 0 aromatic heterocycles. The molecular weight excluding hydrogens is 336 g/mol. The number of aryl methyl sites for hydroxylation is 1. The molecule has 21 heavy (non-hydrogen) atoms. The Hall–Kier alpha value is -2.01. The summed E-state index contributed by atoms with van der Waals surface area (Å²) in [6.07, 6.45) is 0. The average Bonchev–Trinajstić information content (AvgIpc) is 2.46. The first kappa shape index (κ1) is 15.4. The standard InChI is InChI=1S/C16H15BrO4/c1-10-3-5-11(6-4-10)9-21-15-13(17)7-12(16(18)19)8-14(15)20-2/h3-8H,9H2,1-2H3,(H,18,19). The highest BCUT2D eigenvalue weighted by Gasteiger charge is 2.15. The summed E-state index contributed by atoms with van der Waals surface area (Å²) < 4.78 is 11.5. The van der Waals surface area contributed by atoms with Crippen LogP contribution in [0, 0.1) is 6.92 Å². The van der Waals surface area contributed by atoms with Gasteiger partial charge in [0, 0.05) is 0 Å². The van der Waals surface area contributed by atoms with Crippen molar-refractivity contribution < 1.29 is 19.4 Å². The molecule has 0 aliphatic heterocycles. The van der Waals surface area contributed by atoms with Gasteiger partial charge in [-0.2, -0.15) is 0 Å². The maximum absolute atomic E-state index is 11.0. The zero-order valence-corrected chi connectivity index (χ0v) is 13.3. The number of carbonyl (C=O) groups is 1. The van der Waals surface area contributed by atoms with Gasteiger partial charge >= 0.3 is 5.97 Å². The second-order valence-electron chi connectivity index (χ2n) is 4.57. The number of aromatic carboxylic acids is 1. The number of hydrogen-bond donors (Lipinski definition) is 1. The SMILES string of the molecule is COc1cc(C(=O)O)cc(Br)c1OCc1ccc(C)cc1. The number of hydrogen-bond acceptors (Lipinski definition) is 3. The number of halogens is 1. The number of rotatable bonds is 5. The highest BCUT2D eigenvalue weighted by Crippen LogP contribution is 2.37. The number of methoxy groups -OCH3 is 1. The highest BCUT2D eigenvalue weighted by atomic mass is 79.9. The molecule has 2 aromatic rings. The van der Waals surface area contributed by atoms with Crippen LogP contribution in [0.25, 0.3) is 0 Å². The lowest BCUT2D eigenvalue weighted by Gasteiger charge is -2.13. The van der Waals surface area contributed by atoms with E-state index in [0.717, 1.165) is 5.56 Å². The van der Waals surface area contributed by atoms with Crippen molar-refractivity contribution in [2.24, 2.45) is 0 Å². The summed E-state index contributed by atoms with van der Waals surface area (Å²) in [5.74, 6) is -0.143. The minimum atomic E-state index is -1.01. The van der Waals surface area contributed by atoms with E-state index >= 15 is 0 Å². The van der Waals surface area contributed by atoms with Gasteiger partial charge in [-0.15, -0.1) is 0 Å². The lowest BCUT2D eigenvalue weighted by molar-refractivity contribution is 0.0696. The predicted octanol–water partition coefficient (Wildman–Crippen LogP) is 4.04. The van der Waals surface area contributed by atoms with Gasteiger partial charge in [0.05, 0.1) is 17.1 Å². The van der Waals surface area contributed by atoms with Gasteiger partial charge in [0.15, 0.2) is 11.5 Å². The Morgan fingerprint density at radius 1 is 1.24 bits per heavy atom. The zero-order valence-electron chi connectivity index (χ0n) is 11.7. The minimum Gasteiger partial charge on any atom is -0.493 e. The fourth-order valence-corrected chi connectivity index (χ4v) is 2.38. The van der Waals surface area contributed by atoms with E-state index in [0.29, 0.717) is 22.6 Å². The molecule has 0 spiro atoms. The van der Waals surface area contributed by atoms with E-state index in [4.69, 9.17) is 14.6 Å². The Bertz CT molecular complexity index is 650. The molecule has 0 saturated heterocycles. The van der Waals surface area contributed by atoms with Crippen molar-refractivity contribution in [3.63, 3.8) is 0 Å². The normalized spacial score (nSPS) is 10.2. The number of ether oxygens (including phenoxy) is 2. The molecule has 0 aliphatic carbocycles. The Morgan fingerprint density at radius 3 is 2.48 bits per heavy atom. The van der Waals surface area contributed by atoms with E-state index in [1.54, 1.807) is 0 Å². The summed E-state index contributed by atoms with van der Waals surface area (Å²) in [4.78, 5) is 11.0.